The topological polar surface area (TPSA) is 40.2 Å². The number of methoxy groups -OCH3 is 3. The van der Waals surface area contributed by atoms with E-state index >= 15 is 4.39 Å². The highest BCUT2D eigenvalue weighted by atomic mass is 19.1. The number of hydrogen-bond donors (Lipinski definition) is 0. The summed E-state index contributed by atoms with van der Waals surface area (Å²) >= 11 is 0. The predicted molar refractivity (Wildman–Crippen MR) is 93.6 cm³/mol. The number of likely N-dealkylation sites (N-methyl/N-ethyl adjacent to an activating group) is 1. The van der Waals surface area contributed by atoms with Crippen LogP contribution < -0.4 is 9.47 Å². The lowest BCUT2D eigenvalue weighted by Crippen LogP contribution is -2.75. The fourth-order valence-electron chi connectivity index (χ4n) is 5.81. The number of ether oxygens (including phenoxy) is 4. The summed E-state index contributed by atoms with van der Waals surface area (Å²) in [6.45, 7) is 0.795. The highest BCUT2D eigenvalue weighted by Crippen LogP contribution is 2.67. The van der Waals surface area contributed by atoms with Crippen molar-refractivity contribution >= 4 is 0 Å². The van der Waals surface area contributed by atoms with E-state index in [0.717, 1.165) is 17.7 Å². The zero-order valence-corrected chi connectivity index (χ0v) is 15.5. The zero-order valence-electron chi connectivity index (χ0n) is 15.5. The van der Waals surface area contributed by atoms with Gasteiger partial charge >= 0.3 is 0 Å². The third kappa shape index (κ3) is 1.54. The van der Waals surface area contributed by atoms with E-state index in [2.05, 4.69) is 11.0 Å². The Morgan fingerprint density at radius 2 is 1.96 bits per heavy atom. The summed E-state index contributed by atoms with van der Waals surface area (Å²) in [5.41, 5.74) is -0.320. The molecule has 2 aliphatic heterocycles. The van der Waals surface area contributed by atoms with Crippen molar-refractivity contribution in [3.05, 3.63) is 35.4 Å². The van der Waals surface area contributed by atoms with Crippen molar-refractivity contribution in [1.82, 2.24) is 4.90 Å². The summed E-state index contributed by atoms with van der Waals surface area (Å²) in [6, 6.07) is 3.73. The molecule has 140 valence electrons. The van der Waals surface area contributed by atoms with Gasteiger partial charge in [0, 0.05) is 19.8 Å². The molecule has 1 aromatic carbocycles. The third-order valence-electron chi connectivity index (χ3n) is 7.09. The van der Waals surface area contributed by atoms with Crippen LogP contribution >= 0.6 is 0 Å². The average Bonchev–Trinajstić information content (AvgIpc) is 3.01. The predicted octanol–water partition coefficient (Wildman–Crippen LogP) is 2.22. The van der Waals surface area contributed by atoms with Crippen LogP contribution in [-0.2, 0) is 21.3 Å². The van der Waals surface area contributed by atoms with Crippen LogP contribution in [0.2, 0.25) is 0 Å². The molecule has 2 heterocycles. The molecule has 5 nitrogen and oxygen atoms in total. The molecule has 26 heavy (non-hydrogen) atoms. The second kappa shape index (κ2) is 5.00. The lowest BCUT2D eigenvalue weighted by molar-refractivity contribution is -0.255. The van der Waals surface area contributed by atoms with E-state index in [-0.39, 0.29) is 6.04 Å². The summed E-state index contributed by atoms with van der Waals surface area (Å²) in [4.78, 5) is 2.13. The van der Waals surface area contributed by atoms with Crippen molar-refractivity contribution in [3.8, 4) is 11.5 Å². The Bertz CT molecular complexity index is 807. The summed E-state index contributed by atoms with van der Waals surface area (Å²) in [5.74, 6) is 0.143. The second-order valence-electron chi connectivity index (χ2n) is 7.78. The molecule has 4 aliphatic rings. The molecule has 0 radical (unpaired) electrons. The molecule has 1 aromatic rings. The molecule has 0 N–H and O–H groups in total. The summed E-state index contributed by atoms with van der Waals surface area (Å²) < 4.78 is 40.3. The van der Waals surface area contributed by atoms with Crippen LogP contribution in [0.1, 0.15) is 17.5 Å². The van der Waals surface area contributed by atoms with Gasteiger partial charge in [0.15, 0.2) is 23.3 Å². The minimum atomic E-state index is -1.55. The molecule has 4 unspecified atom stereocenters. The number of benzene rings is 1. The van der Waals surface area contributed by atoms with Crippen molar-refractivity contribution in [1.29, 1.82) is 0 Å². The first-order chi connectivity index (χ1) is 12.5. The van der Waals surface area contributed by atoms with Crippen molar-refractivity contribution in [2.24, 2.45) is 0 Å². The quantitative estimate of drug-likeness (QED) is 0.610. The molecule has 0 aromatic heterocycles. The maximum atomic E-state index is 16.8. The van der Waals surface area contributed by atoms with E-state index in [1.807, 2.05) is 13.1 Å². The standard InChI is InChI=1S/C20H24FNO4/c1-22-10-9-18-15-12-5-6-13(23-2)16(15)26-17(18)20(24-3,25-4)8-7-19(18,21)14(22)11-12/h5-8,14,17H,9-11H2,1-4H3. The Hall–Kier alpha value is -1.63. The van der Waals surface area contributed by atoms with E-state index in [4.69, 9.17) is 18.9 Å². The van der Waals surface area contributed by atoms with Crippen LogP contribution in [0.3, 0.4) is 0 Å². The largest absolute Gasteiger partial charge is 0.493 e. The van der Waals surface area contributed by atoms with Crippen LogP contribution in [0.5, 0.6) is 11.5 Å². The average molecular weight is 361 g/mol. The summed E-state index contributed by atoms with van der Waals surface area (Å²) in [5, 5.41) is 0. The third-order valence-corrected chi connectivity index (χ3v) is 7.09. The number of nitrogens with zero attached hydrogens (tertiary/aromatic N) is 1. The van der Waals surface area contributed by atoms with E-state index < -0.39 is 23.0 Å². The molecule has 2 aliphatic carbocycles. The molecule has 6 heteroatoms. The van der Waals surface area contributed by atoms with Gasteiger partial charge in [-0.05, 0) is 50.2 Å². The first kappa shape index (κ1) is 16.5. The zero-order chi connectivity index (χ0) is 18.3. The minimum absolute atomic E-state index is 0.239. The normalized spacial score (nSPS) is 38.7. The van der Waals surface area contributed by atoms with Crippen LogP contribution in [0.15, 0.2) is 24.3 Å². The lowest BCUT2D eigenvalue weighted by atomic mass is 9.51. The van der Waals surface area contributed by atoms with E-state index in [0.29, 0.717) is 24.3 Å². The van der Waals surface area contributed by atoms with Crippen LogP contribution in [0, 0.1) is 0 Å². The molecular weight excluding hydrogens is 337 g/mol. The number of piperidine rings is 1. The Balaban J connectivity index is 1.86. The highest BCUT2D eigenvalue weighted by Gasteiger charge is 2.76. The Labute approximate surface area is 152 Å². The van der Waals surface area contributed by atoms with Crippen LogP contribution in [-0.4, -0.2) is 63.4 Å². The molecule has 2 bridgehead atoms. The van der Waals surface area contributed by atoms with Crippen LogP contribution in [0.25, 0.3) is 0 Å². The maximum absolute atomic E-state index is 16.8. The van der Waals surface area contributed by atoms with Crippen molar-refractivity contribution in [2.75, 3.05) is 34.9 Å². The Kier molecular flexibility index (Phi) is 3.18. The molecule has 5 rings (SSSR count). The Morgan fingerprint density at radius 1 is 1.19 bits per heavy atom. The van der Waals surface area contributed by atoms with Gasteiger partial charge in [0.2, 0.25) is 5.79 Å². The molecule has 0 saturated carbocycles. The second-order valence-corrected chi connectivity index (χ2v) is 7.78. The first-order valence-electron chi connectivity index (χ1n) is 9.04. The minimum Gasteiger partial charge on any atom is -0.493 e. The molecule has 1 fully saturated rings. The van der Waals surface area contributed by atoms with Crippen molar-refractivity contribution < 1.29 is 23.3 Å². The number of rotatable bonds is 3. The van der Waals surface area contributed by atoms with Gasteiger partial charge in [0.1, 0.15) is 0 Å². The van der Waals surface area contributed by atoms with Gasteiger partial charge in [0.25, 0.3) is 0 Å². The summed E-state index contributed by atoms with van der Waals surface area (Å²) in [7, 11) is 6.77. The van der Waals surface area contributed by atoms with Gasteiger partial charge in [-0.2, -0.15) is 0 Å². The molecule has 1 saturated heterocycles. The number of hydrogen-bond acceptors (Lipinski definition) is 5. The lowest BCUT2D eigenvalue weighted by Gasteiger charge is -2.61. The van der Waals surface area contributed by atoms with Gasteiger partial charge < -0.3 is 18.9 Å². The van der Waals surface area contributed by atoms with E-state index in [1.165, 1.54) is 0 Å². The van der Waals surface area contributed by atoms with Gasteiger partial charge in [-0.15, -0.1) is 0 Å². The van der Waals surface area contributed by atoms with Gasteiger partial charge in [-0.25, -0.2) is 4.39 Å². The molecule has 4 atom stereocenters. The number of halogens is 1. The van der Waals surface area contributed by atoms with Gasteiger partial charge in [-0.1, -0.05) is 6.07 Å². The molecule has 1 spiro atoms. The number of likely N-dealkylation sites (tertiary alicyclic amines) is 1. The van der Waals surface area contributed by atoms with Gasteiger partial charge in [-0.3, -0.25) is 4.90 Å². The van der Waals surface area contributed by atoms with Crippen molar-refractivity contribution in [3.63, 3.8) is 0 Å². The first-order valence-corrected chi connectivity index (χ1v) is 9.04. The smallest absolute Gasteiger partial charge is 0.226 e. The summed E-state index contributed by atoms with van der Waals surface area (Å²) in [6.07, 6.45) is 4.03. The SMILES string of the molecule is COc1ccc2c3c1OC1C(OC)(OC)C=CC4(F)C(C2)N(C)CCC314. The monoisotopic (exact) mass is 361 g/mol. The fourth-order valence-corrected chi connectivity index (χ4v) is 5.81. The number of alkyl halides is 1. The van der Waals surface area contributed by atoms with Gasteiger partial charge in [0.05, 0.1) is 18.6 Å². The van der Waals surface area contributed by atoms with Crippen LogP contribution in [0.4, 0.5) is 4.39 Å². The van der Waals surface area contributed by atoms with Crippen molar-refractivity contribution in [2.45, 2.75) is 41.9 Å². The highest BCUT2D eigenvalue weighted by molar-refractivity contribution is 5.64. The maximum Gasteiger partial charge on any atom is 0.226 e. The Morgan fingerprint density at radius 3 is 2.65 bits per heavy atom. The fraction of sp³-hybridized carbons (Fsp3) is 0.600. The van der Waals surface area contributed by atoms with E-state index in [1.54, 1.807) is 33.5 Å². The van der Waals surface area contributed by atoms with E-state index in [9.17, 15) is 0 Å². The molecular formula is C20H24FNO4. The molecule has 0 amide bonds.